The fourth-order valence-electron chi connectivity index (χ4n) is 5.07. The molecular weight excluding hydrogens is 356 g/mol. The average Bonchev–Trinajstić information content (AvgIpc) is 3.06. The van der Waals surface area contributed by atoms with Crippen LogP contribution < -0.4 is 5.43 Å². The number of amides is 1. The number of benzene rings is 1. The zero-order chi connectivity index (χ0) is 19.1. The van der Waals surface area contributed by atoms with Gasteiger partial charge in [-0.15, -0.1) is 0 Å². The van der Waals surface area contributed by atoms with Gasteiger partial charge in [-0.25, -0.2) is 0 Å². The van der Waals surface area contributed by atoms with Gasteiger partial charge in [-0.2, -0.15) is 0 Å². The predicted octanol–water partition coefficient (Wildman–Crippen LogP) is 2.51. The molecule has 6 rings (SSSR count). The quantitative estimate of drug-likeness (QED) is 0.799. The van der Waals surface area contributed by atoms with Crippen molar-refractivity contribution in [2.75, 3.05) is 32.8 Å². The van der Waals surface area contributed by atoms with Crippen LogP contribution in [0.15, 0.2) is 39.5 Å². The number of hydrogen-bond acceptors (Lipinski definition) is 5. The van der Waals surface area contributed by atoms with Gasteiger partial charge in [-0.3, -0.25) is 14.5 Å². The molecule has 5 heterocycles. The molecule has 2 bridgehead atoms. The van der Waals surface area contributed by atoms with Gasteiger partial charge in [0.15, 0.2) is 11.2 Å². The number of fused-ring (bicyclic) bond motifs is 5. The molecule has 2 atom stereocenters. The summed E-state index contributed by atoms with van der Waals surface area (Å²) in [7, 11) is 0. The summed E-state index contributed by atoms with van der Waals surface area (Å²) in [6, 6.07) is 9.21. The standard InChI is InChI=1S/C22H26N2O4/c25-19-11-21(28-20-4-2-1-3-18(19)20)22(26)24-13-15-5-6-17(24)14-23(12-15)16-7-9-27-10-8-16/h1-4,11,15-17H,5-10,12-14H2/t15-,17+/m0/s1. The fourth-order valence-corrected chi connectivity index (χ4v) is 5.07. The lowest BCUT2D eigenvalue weighted by molar-refractivity contribution is 0.0302. The third-order valence-corrected chi connectivity index (χ3v) is 6.56. The minimum Gasteiger partial charge on any atom is -0.451 e. The number of piperidine rings is 1. The molecule has 1 aromatic carbocycles. The number of nitrogens with zero attached hydrogens (tertiary/aromatic N) is 2. The monoisotopic (exact) mass is 382 g/mol. The summed E-state index contributed by atoms with van der Waals surface area (Å²) in [5, 5.41) is 0.516. The van der Waals surface area contributed by atoms with Crippen LogP contribution >= 0.6 is 0 Å². The summed E-state index contributed by atoms with van der Waals surface area (Å²) < 4.78 is 11.3. The maximum atomic E-state index is 13.3. The van der Waals surface area contributed by atoms with Gasteiger partial charge in [0.25, 0.3) is 5.91 Å². The molecule has 4 aliphatic rings. The molecule has 6 nitrogen and oxygen atoms in total. The van der Waals surface area contributed by atoms with E-state index in [2.05, 4.69) is 4.90 Å². The van der Waals surface area contributed by atoms with Crippen LogP contribution in [0, 0.1) is 5.92 Å². The lowest BCUT2D eigenvalue weighted by Gasteiger charge is -2.36. The highest BCUT2D eigenvalue weighted by molar-refractivity contribution is 5.93. The maximum absolute atomic E-state index is 13.3. The molecule has 148 valence electrons. The van der Waals surface area contributed by atoms with Crippen molar-refractivity contribution in [3.8, 4) is 0 Å². The first-order valence-corrected chi connectivity index (χ1v) is 10.3. The Morgan fingerprint density at radius 3 is 2.64 bits per heavy atom. The van der Waals surface area contributed by atoms with Crippen molar-refractivity contribution < 1.29 is 13.9 Å². The SMILES string of the molecule is O=C(c1cc(=O)c2ccccc2o1)N1C[C@H]2CC[C@@H]1CN(C1CCOCC1)C2. The van der Waals surface area contributed by atoms with Crippen molar-refractivity contribution in [3.05, 3.63) is 46.3 Å². The number of carbonyl (C=O) groups excluding carboxylic acids is 1. The molecule has 0 spiro atoms. The zero-order valence-electron chi connectivity index (χ0n) is 16.0. The normalized spacial score (nSPS) is 26.5. The molecule has 28 heavy (non-hydrogen) atoms. The van der Waals surface area contributed by atoms with Gasteiger partial charge in [-0.1, -0.05) is 12.1 Å². The van der Waals surface area contributed by atoms with E-state index in [0.29, 0.717) is 22.9 Å². The fraction of sp³-hybridized carbons (Fsp3) is 0.545. The Morgan fingerprint density at radius 1 is 0.964 bits per heavy atom. The van der Waals surface area contributed by atoms with Crippen molar-refractivity contribution in [1.82, 2.24) is 9.80 Å². The molecule has 1 aromatic heterocycles. The van der Waals surface area contributed by atoms with Crippen molar-refractivity contribution >= 4 is 16.9 Å². The first-order chi connectivity index (χ1) is 13.7. The molecule has 0 aliphatic carbocycles. The summed E-state index contributed by atoms with van der Waals surface area (Å²) >= 11 is 0. The van der Waals surface area contributed by atoms with E-state index in [0.717, 1.165) is 58.5 Å². The molecule has 2 aromatic rings. The Morgan fingerprint density at radius 2 is 1.79 bits per heavy atom. The molecule has 0 unspecified atom stereocenters. The second kappa shape index (κ2) is 7.33. The highest BCUT2D eigenvalue weighted by Gasteiger charge is 2.40. The molecule has 4 saturated heterocycles. The van der Waals surface area contributed by atoms with Crippen LogP contribution in [0.25, 0.3) is 11.0 Å². The van der Waals surface area contributed by atoms with E-state index in [1.54, 1.807) is 18.2 Å². The average molecular weight is 382 g/mol. The number of hydrogen-bond donors (Lipinski definition) is 0. The Kier molecular flexibility index (Phi) is 4.69. The number of carbonyl (C=O) groups is 1. The summed E-state index contributed by atoms with van der Waals surface area (Å²) in [5.41, 5.74) is 0.316. The molecule has 6 heteroatoms. The second-order valence-electron chi connectivity index (χ2n) is 8.32. The van der Waals surface area contributed by atoms with E-state index >= 15 is 0 Å². The minimum atomic E-state index is -0.158. The van der Waals surface area contributed by atoms with Crippen LogP contribution in [0.2, 0.25) is 0 Å². The number of ether oxygens (including phenoxy) is 1. The molecule has 1 amide bonds. The zero-order valence-corrected chi connectivity index (χ0v) is 16.0. The van der Waals surface area contributed by atoms with Gasteiger partial charge < -0.3 is 14.1 Å². The first kappa shape index (κ1) is 17.9. The van der Waals surface area contributed by atoms with Gasteiger partial charge in [0, 0.05) is 51.0 Å². The van der Waals surface area contributed by atoms with Crippen LogP contribution in [0.5, 0.6) is 0 Å². The Hall–Kier alpha value is -2.18. The highest BCUT2D eigenvalue weighted by atomic mass is 16.5. The maximum Gasteiger partial charge on any atom is 0.290 e. The van der Waals surface area contributed by atoms with E-state index in [9.17, 15) is 9.59 Å². The second-order valence-corrected chi connectivity index (χ2v) is 8.32. The summed E-state index contributed by atoms with van der Waals surface area (Å²) in [4.78, 5) is 30.2. The molecule has 0 radical (unpaired) electrons. The van der Waals surface area contributed by atoms with Crippen molar-refractivity contribution in [2.45, 2.75) is 37.8 Å². The van der Waals surface area contributed by atoms with Gasteiger partial charge in [0.05, 0.1) is 5.39 Å². The molecule has 0 N–H and O–H groups in total. The van der Waals surface area contributed by atoms with Crippen molar-refractivity contribution in [1.29, 1.82) is 0 Å². The molecular formula is C22H26N2O4. The van der Waals surface area contributed by atoms with E-state index in [1.165, 1.54) is 6.07 Å². The van der Waals surface area contributed by atoms with Gasteiger partial charge in [0.2, 0.25) is 0 Å². The summed E-state index contributed by atoms with van der Waals surface area (Å²) in [6.45, 7) is 4.37. The first-order valence-electron chi connectivity index (χ1n) is 10.3. The van der Waals surface area contributed by atoms with Crippen LogP contribution in [-0.2, 0) is 4.74 Å². The highest BCUT2D eigenvalue weighted by Crippen LogP contribution is 2.31. The van der Waals surface area contributed by atoms with Crippen molar-refractivity contribution in [3.63, 3.8) is 0 Å². The van der Waals surface area contributed by atoms with Gasteiger partial charge in [0.1, 0.15) is 5.58 Å². The van der Waals surface area contributed by atoms with E-state index < -0.39 is 0 Å². The molecule has 4 fully saturated rings. The molecule has 4 aliphatic heterocycles. The van der Waals surface area contributed by atoms with E-state index in [-0.39, 0.29) is 23.1 Å². The van der Waals surface area contributed by atoms with Crippen LogP contribution in [0.4, 0.5) is 0 Å². The summed E-state index contributed by atoms with van der Waals surface area (Å²) in [6.07, 6.45) is 4.34. The van der Waals surface area contributed by atoms with E-state index in [4.69, 9.17) is 9.15 Å². The van der Waals surface area contributed by atoms with Gasteiger partial charge >= 0.3 is 0 Å². The Labute approximate surface area is 164 Å². The largest absolute Gasteiger partial charge is 0.451 e. The summed E-state index contributed by atoms with van der Waals surface area (Å²) in [5.74, 6) is 0.498. The topological polar surface area (TPSA) is 63.0 Å². The third-order valence-electron chi connectivity index (χ3n) is 6.56. The Bertz CT molecular complexity index is 934. The molecule has 0 saturated carbocycles. The van der Waals surface area contributed by atoms with Crippen LogP contribution in [0.1, 0.15) is 36.2 Å². The minimum absolute atomic E-state index is 0.147. The van der Waals surface area contributed by atoms with Crippen LogP contribution in [0.3, 0.4) is 0 Å². The Balaban J connectivity index is 1.40. The van der Waals surface area contributed by atoms with Crippen molar-refractivity contribution in [2.24, 2.45) is 5.92 Å². The number of rotatable bonds is 2. The third kappa shape index (κ3) is 3.25. The predicted molar refractivity (Wildman–Crippen MR) is 105 cm³/mol. The van der Waals surface area contributed by atoms with Crippen LogP contribution in [-0.4, -0.2) is 60.6 Å². The van der Waals surface area contributed by atoms with Gasteiger partial charge in [-0.05, 0) is 43.7 Å². The lowest BCUT2D eigenvalue weighted by atomic mass is 9.94. The van der Waals surface area contributed by atoms with E-state index in [1.807, 2.05) is 11.0 Å². The lowest BCUT2D eigenvalue weighted by Crippen LogP contribution is -2.48. The smallest absolute Gasteiger partial charge is 0.290 e. The number of para-hydroxylation sites is 1.